The Hall–Kier alpha value is -2.44. The summed E-state index contributed by atoms with van der Waals surface area (Å²) in [6.45, 7) is 0. The largest absolute Gasteiger partial charge is 0.359 e. The standard InChI is InChI=1S/C27H32NOP/c1-28-27(29)22-14-3-2-4-15-23-30(24-16-8-5-9-17-24,25-18-10-6-11-19-25)26-20-12-7-13-21-26/h5-13,16-21H,2-4,14-15,22-23H2,1H3/p+1. The second-order valence-corrected chi connectivity index (χ2v) is 11.3. The first-order valence-electron chi connectivity index (χ1n) is 11.0. The normalized spacial score (nSPS) is 11.2. The number of hydrogen-bond donors (Lipinski definition) is 1. The lowest BCUT2D eigenvalue weighted by Gasteiger charge is -2.27. The van der Waals surface area contributed by atoms with E-state index in [2.05, 4.69) is 96.3 Å². The van der Waals surface area contributed by atoms with Crippen molar-refractivity contribution in [2.24, 2.45) is 0 Å². The molecule has 2 nitrogen and oxygen atoms in total. The summed E-state index contributed by atoms with van der Waals surface area (Å²) in [5.74, 6) is 0.150. The summed E-state index contributed by atoms with van der Waals surface area (Å²) in [5, 5.41) is 7.09. The number of hydrogen-bond acceptors (Lipinski definition) is 1. The monoisotopic (exact) mass is 418 g/mol. The van der Waals surface area contributed by atoms with E-state index in [1.807, 2.05) is 0 Å². The summed E-state index contributed by atoms with van der Waals surface area (Å²) in [6, 6.07) is 33.3. The maximum atomic E-state index is 11.4. The summed E-state index contributed by atoms with van der Waals surface area (Å²) in [7, 11) is 0.0172. The summed E-state index contributed by atoms with van der Waals surface area (Å²) in [5.41, 5.74) is 0. The Morgan fingerprint density at radius 2 is 1.03 bits per heavy atom. The molecule has 156 valence electrons. The number of carbonyl (C=O) groups is 1. The highest BCUT2D eigenvalue weighted by Crippen LogP contribution is 2.55. The first-order chi connectivity index (χ1) is 14.8. The van der Waals surface area contributed by atoms with Crippen molar-refractivity contribution < 1.29 is 4.79 Å². The van der Waals surface area contributed by atoms with E-state index in [4.69, 9.17) is 0 Å². The van der Waals surface area contributed by atoms with Gasteiger partial charge in [0, 0.05) is 13.5 Å². The van der Waals surface area contributed by atoms with Crippen molar-refractivity contribution in [2.45, 2.75) is 38.5 Å². The minimum atomic E-state index is -1.69. The van der Waals surface area contributed by atoms with Crippen molar-refractivity contribution in [3.63, 3.8) is 0 Å². The Bertz CT molecular complexity index is 784. The maximum Gasteiger partial charge on any atom is 0.219 e. The molecule has 0 aliphatic rings. The number of nitrogens with one attached hydrogen (secondary N) is 1. The van der Waals surface area contributed by atoms with Crippen LogP contribution in [0.4, 0.5) is 0 Å². The molecule has 0 heterocycles. The molecule has 3 aromatic carbocycles. The molecule has 1 N–H and O–H groups in total. The van der Waals surface area contributed by atoms with E-state index < -0.39 is 7.26 Å². The summed E-state index contributed by atoms with van der Waals surface area (Å²) < 4.78 is 0. The molecule has 0 unspecified atom stereocenters. The minimum absolute atomic E-state index is 0.150. The second kappa shape index (κ2) is 11.7. The van der Waals surface area contributed by atoms with Crippen molar-refractivity contribution in [1.82, 2.24) is 5.32 Å². The molecule has 30 heavy (non-hydrogen) atoms. The number of benzene rings is 3. The molecule has 0 saturated carbocycles. The molecule has 0 saturated heterocycles. The van der Waals surface area contributed by atoms with E-state index >= 15 is 0 Å². The van der Waals surface area contributed by atoms with Gasteiger partial charge in [-0.25, -0.2) is 0 Å². The Morgan fingerprint density at radius 3 is 1.47 bits per heavy atom. The van der Waals surface area contributed by atoms with Crippen LogP contribution in [0.2, 0.25) is 0 Å². The van der Waals surface area contributed by atoms with Crippen LogP contribution in [0.1, 0.15) is 38.5 Å². The van der Waals surface area contributed by atoms with Crippen LogP contribution in [0.3, 0.4) is 0 Å². The SMILES string of the molecule is CNC(=O)CCCCCCC[P+](c1ccccc1)(c1ccccc1)c1ccccc1. The van der Waals surface area contributed by atoms with Crippen molar-refractivity contribution in [3.8, 4) is 0 Å². The zero-order valence-corrected chi connectivity index (χ0v) is 18.9. The van der Waals surface area contributed by atoms with Gasteiger partial charge in [-0.2, -0.15) is 0 Å². The zero-order valence-electron chi connectivity index (χ0n) is 18.0. The molecule has 1 amide bonds. The molecule has 3 rings (SSSR count). The fourth-order valence-corrected chi connectivity index (χ4v) is 8.58. The van der Waals surface area contributed by atoms with E-state index in [9.17, 15) is 4.79 Å². The van der Waals surface area contributed by atoms with Gasteiger partial charge in [0.05, 0.1) is 6.16 Å². The molecule has 0 radical (unpaired) electrons. The van der Waals surface area contributed by atoms with Gasteiger partial charge in [0.2, 0.25) is 5.91 Å². The van der Waals surface area contributed by atoms with Gasteiger partial charge in [0.25, 0.3) is 0 Å². The lowest BCUT2D eigenvalue weighted by molar-refractivity contribution is -0.120. The van der Waals surface area contributed by atoms with Gasteiger partial charge in [-0.05, 0) is 55.7 Å². The second-order valence-electron chi connectivity index (χ2n) is 7.73. The fourth-order valence-electron chi connectivity index (χ4n) is 4.17. The maximum absolute atomic E-state index is 11.4. The molecule has 3 heteroatoms. The van der Waals surface area contributed by atoms with E-state index in [0.717, 1.165) is 12.8 Å². The third-order valence-corrected chi connectivity index (χ3v) is 10.3. The highest BCUT2D eigenvalue weighted by molar-refractivity contribution is 7.95. The van der Waals surface area contributed by atoms with Gasteiger partial charge < -0.3 is 5.32 Å². The highest BCUT2D eigenvalue weighted by Gasteiger charge is 2.44. The molecular formula is C27H33NOP+. The average Bonchev–Trinajstić information content (AvgIpc) is 2.82. The van der Waals surface area contributed by atoms with Crippen molar-refractivity contribution >= 4 is 29.1 Å². The lowest BCUT2D eigenvalue weighted by Crippen LogP contribution is -2.33. The van der Waals surface area contributed by atoms with Crippen LogP contribution >= 0.6 is 7.26 Å². The van der Waals surface area contributed by atoms with Gasteiger partial charge in [-0.15, -0.1) is 0 Å². The fraction of sp³-hybridized carbons (Fsp3) is 0.296. The van der Waals surface area contributed by atoms with E-state index in [1.165, 1.54) is 41.3 Å². The first-order valence-corrected chi connectivity index (χ1v) is 13.0. The van der Waals surface area contributed by atoms with E-state index in [0.29, 0.717) is 6.42 Å². The molecular weight excluding hydrogens is 385 g/mol. The third kappa shape index (κ3) is 5.58. The molecule has 0 bridgehead atoms. The summed E-state index contributed by atoms with van der Waals surface area (Å²) in [4.78, 5) is 11.4. The topological polar surface area (TPSA) is 29.1 Å². The number of unbranched alkanes of at least 4 members (excludes halogenated alkanes) is 4. The number of carbonyl (C=O) groups excluding carboxylic acids is 1. The first kappa shape index (κ1) is 22.2. The quantitative estimate of drug-likeness (QED) is 0.342. The molecule has 0 spiro atoms. The third-order valence-electron chi connectivity index (χ3n) is 5.77. The van der Waals surface area contributed by atoms with Crippen molar-refractivity contribution in [3.05, 3.63) is 91.0 Å². The molecule has 0 fully saturated rings. The predicted octanol–water partition coefficient (Wildman–Crippen LogP) is 5.07. The van der Waals surface area contributed by atoms with Gasteiger partial charge in [0.15, 0.2) is 0 Å². The van der Waals surface area contributed by atoms with E-state index in [-0.39, 0.29) is 5.91 Å². The van der Waals surface area contributed by atoms with Crippen LogP contribution in [0, 0.1) is 0 Å². The van der Waals surface area contributed by atoms with Crippen molar-refractivity contribution in [1.29, 1.82) is 0 Å². The zero-order chi connectivity index (χ0) is 21.1. The Kier molecular flexibility index (Phi) is 8.66. The Morgan fingerprint density at radius 1 is 0.633 bits per heavy atom. The molecule has 3 aromatic rings. The minimum Gasteiger partial charge on any atom is -0.359 e. The van der Waals surface area contributed by atoms with E-state index in [1.54, 1.807) is 7.05 Å². The lowest BCUT2D eigenvalue weighted by atomic mass is 10.1. The summed E-state index contributed by atoms with van der Waals surface area (Å²) >= 11 is 0. The van der Waals surface area contributed by atoms with Gasteiger partial charge >= 0.3 is 0 Å². The predicted molar refractivity (Wildman–Crippen MR) is 132 cm³/mol. The molecule has 0 atom stereocenters. The Labute approximate surface area is 182 Å². The van der Waals surface area contributed by atoms with Crippen LogP contribution in [0.5, 0.6) is 0 Å². The van der Waals surface area contributed by atoms with Crippen LogP contribution in [-0.2, 0) is 4.79 Å². The summed E-state index contributed by atoms with van der Waals surface area (Å²) in [6.07, 6.45) is 7.53. The van der Waals surface area contributed by atoms with Gasteiger partial charge in [0.1, 0.15) is 23.2 Å². The number of rotatable bonds is 11. The van der Waals surface area contributed by atoms with Crippen molar-refractivity contribution in [2.75, 3.05) is 13.2 Å². The van der Waals surface area contributed by atoms with Gasteiger partial charge in [-0.1, -0.05) is 67.4 Å². The smallest absolute Gasteiger partial charge is 0.219 e. The Balaban J connectivity index is 1.80. The van der Waals surface area contributed by atoms with Crippen LogP contribution < -0.4 is 21.2 Å². The molecule has 0 aliphatic carbocycles. The molecule has 0 aromatic heterocycles. The molecule has 0 aliphatic heterocycles. The van der Waals surface area contributed by atoms with Gasteiger partial charge in [-0.3, -0.25) is 4.79 Å². The van der Waals surface area contributed by atoms with Crippen LogP contribution in [0.25, 0.3) is 0 Å². The van der Waals surface area contributed by atoms with Crippen LogP contribution in [-0.4, -0.2) is 19.1 Å². The average molecular weight is 419 g/mol. The van der Waals surface area contributed by atoms with Crippen LogP contribution in [0.15, 0.2) is 91.0 Å². The number of amides is 1. The highest BCUT2D eigenvalue weighted by atomic mass is 31.2.